The van der Waals surface area contributed by atoms with E-state index in [9.17, 15) is 9.59 Å². The van der Waals surface area contributed by atoms with Gasteiger partial charge in [0, 0.05) is 17.8 Å². The maximum absolute atomic E-state index is 12.3. The molecular formula is C19H22N2O7. The third-order valence-electron chi connectivity index (χ3n) is 3.76. The first-order valence-corrected chi connectivity index (χ1v) is 8.14. The van der Waals surface area contributed by atoms with Crippen LogP contribution in [0.25, 0.3) is 0 Å². The first-order chi connectivity index (χ1) is 13.4. The van der Waals surface area contributed by atoms with Crippen LogP contribution in [0.2, 0.25) is 0 Å². The molecule has 9 heteroatoms. The predicted molar refractivity (Wildman–Crippen MR) is 102 cm³/mol. The van der Waals surface area contributed by atoms with E-state index in [4.69, 9.17) is 29.4 Å². The highest BCUT2D eigenvalue weighted by Gasteiger charge is 2.16. The van der Waals surface area contributed by atoms with Crippen molar-refractivity contribution in [2.24, 2.45) is 5.73 Å². The van der Waals surface area contributed by atoms with E-state index in [2.05, 4.69) is 5.32 Å². The summed E-state index contributed by atoms with van der Waals surface area (Å²) in [6.07, 6.45) is 0. The van der Waals surface area contributed by atoms with E-state index >= 15 is 0 Å². The van der Waals surface area contributed by atoms with E-state index < -0.39 is 11.8 Å². The molecule has 2 aromatic carbocycles. The lowest BCUT2D eigenvalue weighted by Crippen LogP contribution is -2.22. The summed E-state index contributed by atoms with van der Waals surface area (Å²) in [5, 5.41) is 2.66. The van der Waals surface area contributed by atoms with Gasteiger partial charge in [0.05, 0.1) is 34.0 Å². The molecule has 2 amide bonds. The Morgan fingerprint density at radius 1 is 0.893 bits per heavy atom. The van der Waals surface area contributed by atoms with E-state index in [-0.39, 0.29) is 17.9 Å². The lowest BCUT2D eigenvalue weighted by Gasteiger charge is -2.15. The third-order valence-corrected chi connectivity index (χ3v) is 3.76. The van der Waals surface area contributed by atoms with Gasteiger partial charge in [-0.1, -0.05) is 0 Å². The maximum atomic E-state index is 12.3. The van der Waals surface area contributed by atoms with E-state index in [0.29, 0.717) is 28.7 Å². The van der Waals surface area contributed by atoms with Crippen LogP contribution in [0, 0.1) is 0 Å². The van der Waals surface area contributed by atoms with E-state index in [0.717, 1.165) is 0 Å². The van der Waals surface area contributed by atoms with Crippen LogP contribution in [0.4, 0.5) is 5.69 Å². The predicted octanol–water partition coefficient (Wildman–Crippen LogP) is 1.84. The number of benzene rings is 2. The molecule has 0 saturated heterocycles. The molecule has 2 rings (SSSR count). The summed E-state index contributed by atoms with van der Waals surface area (Å²) in [4.78, 5) is 23.8. The SMILES string of the molecule is COc1ccc(OCC(=O)Nc2cc(OC)c(OC)c(OC)c2)c(C(N)=O)c1. The second-order valence-corrected chi connectivity index (χ2v) is 5.48. The zero-order valence-electron chi connectivity index (χ0n) is 16.0. The number of anilines is 1. The van der Waals surface area contributed by atoms with Crippen LogP contribution in [0.3, 0.4) is 0 Å². The molecule has 0 spiro atoms. The molecule has 28 heavy (non-hydrogen) atoms. The third kappa shape index (κ3) is 4.76. The fraction of sp³-hybridized carbons (Fsp3) is 0.263. The van der Waals surface area contributed by atoms with Gasteiger partial charge < -0.3 is 34.7 Å². The van der Waals surface area contributed by atoms with Crippen molar-refractivity contribution in [2.45, 2.75) is 0 Å². The Morgan fingerprint density at radius 2 is 1.54 bits per heavy atom. The average molecular weight is 390 g/mol. The molecule has 9 nitrogen and oxygen atoms in total. The minimum Gasteiger partial charge on any atom is -0.497 e. The Balaban J connectivity index is 2.12. The Morgan fingerprint density at radius 3 is 2.04 bits per heavy atom. The average Bonchev–Trinajstić information content (AvgIpc) is 2.71. The summed E-state index contributed by atoms with van der Waals surface area (Å²) in [5.74, 6) is 0.660. The highest BCUT2D eigenvalue weighted by molar-refractivity contribution is 5.96. The zero-order valence-corrected chi connectivity index (χ0v) is 16.0. The van der Waals surface area contributed by atoms with Gasteiger partial charge in [-0.15, -0.1) is 0 Å². The Hall–Kier alpha value is -3.62. The molecule has 0 bridgehead atoms. The summed E-state index contributed by atoms with van der Waals surface area (Å²) >= 11 is 0. The molecule has 150 valence electrons. The van der Waals surface area contributed by atoms with Crippen molar-refractivity contribution < 1.29 is 33.3 Å². The highest BCUT2D eigenvalue weighted by atomic mass is 16.5. The van der Waals surface area contributed by atoms with E-state index in [1.165, 1.54) is 40.6 Å². The van der Waals surface area contributed by atoms with Gasteiger partial charge in [0.2, 0.25) is 5.75 Å². The number of ether oxygens (including phenoxy) is 5. The number of hydrogen-bond acceptors (Lipinski definition) is 7. The maximum Gasteiger partial charge on any atom is 0.262 e. The molecule has 0 unspecified atom stereocenters. The molecule has 0 aliphatic rings. The van der Waals surface area contributed by atoms with Gasteiger partial charge in [0.25, 0.3) is 11.8 Å². The monoisotopic (exact) mass is 390 g/mol. The van der Waals surface area contributed by atoms with Crippen LogP contribution in [-0.4, -0.2) is 46.9 Å². The van der Waals surface area contributed by atoms with Crippen LogP contribution in [0.5, 0.6) is 28.7 Å². The fourth-order valence-corrected chi connectivity index (χ4v) is 2.45. The molecule has 0 radical (unpaired) electrons. The fourth-order valence-electron chi connectivity index (χ4n) is 2.45. The van der Waals surface area contributed by atoms with Crippen LogP contribution in [0.15, 0.2) is 30.3 Å². The number of nitrogens with one attached hydrogen (secondary N) is 1. The normalized spacial score (nSPS) is 10.0. The molecular weight excluding hydrogens is 368 g/mol. The quantitative estimate of drug-likeness (QED) is 0.670. The van der Waals surface area contributed by atoms with Crippen LogP contribution in [0.1, 0.15) is 10.4 Å². The van der Waals surface area contributed by atoms with Gasteiger partial charge in [-0.3, -0.25) is 9.59 Å². The Bertz CT molecular complexity index is 842. The summed E-state index contributed by atoms with van der Waals surface area (Å²) in [6, 6.07) is 7.71. The summed E-state index contributed by atoms with van der Waals surface area (Å²) in [5.41, 5.74) is 5.88. The molecule has 0 fully saturated rings. The highest BCUT2D eigenvalue weighted by Crippen LogP contribution is 2.39. The lowest BCUT2D eigenvalue weighted by molar-refractivity contribution is -0.118. The Labute approximate surface area is 162 Å². The number of hydrogen-bond donors (Lipinski definition) is 2. The first-order valence-electron chi connectivity index (χ1n) is 8.14. The molecule has 0 aliphatic carbocycles. The van der Waals surface area contributed by atoms with Gasteiger partial charge in [0.1, 0.15) is 11.5 Å². The first kappa shape index (κ1) is 20.7. The molecule has 0 aliphatic heterocycles. The molecule has 0 heterocycles. The molecule has 0 aromatic heterocycles. The molecule has 0 atom stereocenters. The number of methoxy groups -OCH3 is 4. The van der Waals surface area contributed by atoms with E-state index in [1.807, 2.05) is 0 Å². The number of amides is 2. The minimum absolute atomic E-state index is 0.111. The number of carbonyl (C=O) groups excluding carboxylic acids is 2. The number of primary amides is 1. The van der Waals surface area contributed by atoms with Crippen molar-refractivity contribution in [3.05, 3.63) is 35.9 Å². The van der Waals surface area contributed by atoms with Gasteiger partial charge in [-0.2, -0.15) is 0 Å². The number of carbonyl (C=O) groups is 2. The molecule has 2 aromatic rings. The minimum atomic E-state index is -0.695. The van der Waals surface area contributed by atoms with Crippen LogP contribution >= 0.6 is 0 Å². The standard InChI is InChI=1S/C19H22N2O7/c1-24-12-5-6-14(13(9-12)19(20)23)28-10-17(22)21-11-7-15(25-2)18(27-4)16(8-11)26-3/h5-9H,10H2,1-4H3,(H2,20,23)(H,21,22). The smallest absolute Gasteiger partial charge is 0.262 e. The van der Waals surface area contributed by atoms with Crippen molar-refractivity contribution in [1.82, 2.24) is 0 Å². The summed E-state index contributed by atoms with van der Waals surface area (Å²) in [6.45, 7) is -0.344. The second-order valence-electron chi connectivity index (χ2n) is 5.48. The molecule has 3 N–H and O–H groups in total. The Kier molecular flexibility index (Phi) is 6.91. The van der Waals surface area contributed by atoms with Crippen molar-refractivity contribution in [3.63, 3.8) is 0 Å². The van der Waals surface area contributed by atoms with Gasteiger partial charge in [-0.05, 0) is 18.2 Å². The van der Waals surface area contributed by atoms with Crippen LogP contribution in [-0.2, 0) is 4.79 Å². The van der Waals surface area contributed by atoms with Crippen molar-refractivity contribution in [2.75, 3.05) is 40.4 Å². The van der Waals surface area contributed by atoms with Gasteiger partial charge >= 0.3 is 0 Å². The van der Waals surface area contributed by atoms with Crippen molar-refractivity contribution in [1.29, 1.82) is 0 Å². The van der Waals surface area contributed by atoms with Gasteiger partial charge in [0.15, 0.2) is 18.1 Å². The van der Waals surface area contributed by atoms with E-state index in [1.54, 1.807) is 18.2 Å². The lowest BCUT2D eigenvalue weighted by atomic mass is 10.2. The van der Waals surface area contributed by atoms with Crippen LogP contribution < -0.4 is 34.7 Å². The molecule has 0 saturated carbocycles. The zero-order chi connectivity index (χ0) is 20.7. The summed E-state index contributed by atoms with van der Waals surface area (Å²) in [7, 11) is 5.89. The van der Waals surface area contributed by atoms with Gasteiger partial charge in [-0.25, -0.2) is 0 Å². The summed E-state index contributed by atoms with van der Waals surface area (Å²) < 4.78 is 26.2. The number of nitrogens with two attached hydrogens (primary N) is 1. The topological polar surface area (TPSA) is 118 Å². The van der Waals surface area contributed by atoms with Crippen molar-refractivity contribution >= 4 is 17.5 Å². The largest absolute Gasteiger partial charge is 0.497 e. The number of rotatable bonds is 9. The second kappa shape index (κ2) is 9.36. The van der Waals surface area contributed by atoms with Crippen molar-refractivity contribution in [3.8, 4) is 28.7 Å².